The molecule has 0 spiro atoms. The summed E-state index contributed by atoms with van der Waals surface area (Å²) in [6, 6.07) is 14.2. The van der Waals surface area contributed by atoms with Gasteiger partial charge in [0.05, 0.1) is 6.61 Å². The van der Waals surface area contributed by atoms with Crippen molar-refractivity contribution in [3.63, 3.8) is 0 Å². The van der Waals surface area contributed by atoms with Crippen molar-refractivity contribution in [1.29, 1.82) is 0 Å². The van der Waals surface area contributed by atoms with Crippen LogP contribution in [0.3, 0.4) is 0 Å². The number of hydrogen-bond donors (Lipinski definition) is 0. The highest BCUT2D eigenvalue weighted by Crippen LogP contribution is 2.22. The number of hydrogen-bond acceptors (Lipinski definition) is 4. The number of rotatable bonds is 7. The number of azide groups is 1. The molecule has 6 heteroatoms. The summed E-state index contributed by atoms with van der Waals surface area (Å²) in [5, 5.41) is 3.41. The molecule has 0 aliphatic carbocycles. The fourth-order valence-electron chi connectivity index (χ4n) is 2.04. The molecule has 2 aromatic rings. The predicted octanol–water partition coefficient (Wildman–Crippen LogP) is 4.75. The van der Waals surface area contributed by atoms with E-state index in [1.807, 2.05) is 30.3 Å². The van der Waals surface area contributed by atoms with Crippen LogP contribution in [0.25, 0.3) is 16.5 Å². The van der Waals surface area contributed by atoms with Crippen molar-refractivity contribution in [2.45, 2.75) is 19.8 Å². The second-order valence-electron chi connectivity index (χ2n) is 4.73. The number of aryl methyl sites for hydroxylation is 2. The van der Waals surface area contributed by atoms with Crippen LogP contribution in [-0.4, -0.2) is 12.6 Å². The monoisotopic (exact) mass is 327 g/mol. The molecular weight excluding hydrogens is 310 g/mol. The van der Waals surface area contributed by atoms with Crippen LogP contribution >= 0.6 is 11.3 Å². The van der Waals surface area contributed by atoms with Gasteiger partial charge in [0.2, 0.25) is 0 Å². The van der Waals surface area contributed by atoms with E-state index in [2.05, 4.69) is 22.2 Å². The van der Waals surface area contributed by atoms with Gasteiger partial charge in [-0.25, -0.2) is 4.79 Å². The first-order valence-electron chi connectivity index (χ1n) is 7.29. The molecule has 1 aromatic heterocycles. The molecule has 5 nitrogen and oxygen atoms in total. The lowest BCUT2D eigenvalue weighted by molar-refractivity contribution is -0.138. The van der Waals surface area contributed by atoms with Crippen molar-refractivity contribution in [2.24, 2.45) is 5.11 Å². The summed E-state index contributed by atoms with van der Waals surface area (Å²) in [4.78, 5) is 16.5. The quantitative estimate of drug-likeness (QED) is 0.242. The summed E-state index contributed by atoms with van der Waals surface area (Å²) < 4.78 is 4.87. The van der Waals surface area contributed by atoms with E-state index in [-0.39, 0.29) is 12.3 Å². The molecule has 0 aliphatic heterocycles. The smallest absolute Gasteiger partial charge is 0.340 e. The molecule has 0 saturated heterocycles. The van der Waals surface area contributed by atoms with Gasteiger partial charge in [0.1, 0.15) is 5.70 Å². The predicted molar refractivity (Wildman–Crippen MR) is 91.9 cm³/mol. The van der Waals surface area contributed by atoms with Crippen LogP contribution in [0.15, 0.2) is 53.3 Å². The number of esters is 1. The first-order valence-corrected chi connectivity index (χ1v) is 8.11. The molecule has 23 heavy (non-hydrogen) atoms. The molecule has 118 valence electrons. The summed E-state index contributed by atoms with van der Waals surface area (Å²) in [7, 11) is 0. The normalized spacial score (nSPS) is 10.9. The highest BCUT2D eigenvalue weighted by atomic mass is 32.1. The van der Waals surface area contributed by atoms with Crippen molar-refractivity contribution in [2.75, 3.05) is 6.61 Å². The first-order chi connectivity index (χ1) is 11.2. The van der Waals surface area contributed by atoms with Gasteiger partial charge in [-0.3, -0.25) is 0 Å². The van der Waals surface area contributed by atoms with Crippen LogP contribution in [0, 0.1) is 0 Å². The summed E-state index contributed by atoms with van der Waals surface area (Å²) in [6.07, 6.45) is 3.46. The maximum Gasteiger partial charge on any atom is 0.340 e. The Labute approximate surface area is 138 Å². The molecule has 1 heterocycles. The lowest BCUT2D eigenvalue weighted by Crippen LogP contribution is -2.05. The average molecular weight is 327 g/mol. The fraction of sp³-hybridized carbons (Fsp3) is 0.235. The van der Waals surface area contributed by atoms with E-state index in [9.17, 15) is 4.79 Å². The molecule has 0 fully saturated rings. The van der Waals surface area contributed by atoms with Crippen molar-refractivity contribution in [3.05, 3.63) is 73.9 Å². The molecule has 0 aliphatic rings. The Bertz CT molecular complexity index is 731. The number of thiophene rings is 1. The topological polar surface area (TPSA) is 75.1 Å². The molecule has 0 amide bonds. The number of nitrogens with zero attached hydrogens (tertiary/aromatic N) is 3. The minimum Gasteiger partial charge on any atom is -0.462 e. The zero-order chi connectivity index (χ0) is 16.5. The van der Waals surface area contributed by atoms with Crippen LogP contribution in [0.5, 0.6) is 0 Å². The molecule has 0 unspecified atom stereocenters. The SMILES string of the molecule is CCOC(=O)C(=Cc1ccc(CCc2ccccc2)s1)N=[N+]=[N-]. The highest BCUT2D eigenvalue weighted by molar-refractivity contribution is 7.12. The maximum atomic E-state index is 11.7. The van der Waals surface area contributed by atoms with E-state index < -0.39 is 5.97 Å². The molecular formula is C17H17N3O2S. The zero-order valence-electron chi connectivity index (χ0n) is 12.8. The lowest BCUT2D eigenvalue weighted by Gasteiger charge is -2.00. The Hall–Kier alpha value is -2.56. The van der Waals surface area contributed by atoms with Crippen LogP contribution in [0.2, 0.25) is 0 Å². The van der Waals surface area contributed by atoms with E-state index in [4.69, 9.17) is 10.3 Å². The van der Waals surface area contributed by atoms with E-state index >= 15 is 0 Å². The van der Waals surface area contributed by atoms with Gasteiger partial charge >= 0.3 is 5.97 Å². The average Bonchev–Trinajstić information content (AvgIpc) is 3.01. The third-order valence-electron chi connectivity index (χ3n) is 3.10. The molecule has 0 radical (unpaired) electrons. The van der Waals surface area contributed by atoms with Gasteiger partial charge in [0.15, 0.2) is 0 Å². The van der Waals surface area contributed by atoms with E-state index in [1.165, 1.54) is 10.4 Å². The summed E-state index contributed by atoms with van der Waals surface area (Å²) in [5.41, 5.74) is 9.83. The largest absolute Gasteiger partial charge is 0.462 e. The van der Waals surface area contributed by atoms with Crippen molar-refractivity contribution >= 4 is 23.4 Å². The van der Waals surface area contributed by atoms with Gasteiger partial charge in [-0.1, -0.05) is 35.4 Å². The van der Waals surface area contributed by atoms with Crippen LogP contribution in [-0.2, 0) is 22.4 Å². The van der Waals surface area contributed by atoms with Crippen LogP contribution in [0.1, 0.15) is 22.2 Å². The second-order valence-corrected chi connectivity index (χ2v) is 5.93. The Morgan fingerprint density at radius 1 is 1.26 bits per heavy atom. The van der Waals surface area contributed by atoms with E-state index in [0.717, 1.165) is 17.7 Å². The third-order valence-corrected chi connectivity index (χ3v) is 4.19. The Morgan fingerprint density at radius 2 is 2.04 bits per heavy atom. The van der Waals surface area contributed by atoms with E-state index in [0.29, 0.717) is 0 Å². The lowest BCUT2D eigenvalue weighted by atomic mass is 10.1. The number of carbonyl (C=O) groups is 1. The van der Waals surface area contributed by atoms with Gasteiger partial charge in [-0.2, -0.15) is 0 Å². The number of benzene rings is 1. The zero-order valence-corrected chi connectivity index (χ0v) is 13.6. The minimum absolute atomic E-state index is 0.0224. The summed E-state index contributed by atoms with van der Waals surface area (Å²) in [5.74, 6) is -0.607. The summed E-state index contributed by atoms with van der Waals surface area (Å²) in [6.45, 7) is 1.95. The first kappa shape index (κ1) is 16.8. The second kappa shape index (κ2) is 8.78. The molecule has 0 bridgehead atoms. The van der Waals surface area contributed by atoms with Crippen LogP contribution in [0.4, 0.5) is 0 Å². The standard InChI is InChI=1S/C17H17N3O2S/c1-2-22-17(21)16(19-20-18)12-15-11-10-14(23-15)9-8-13-6-4-3-5-7-13/h3-7,10-12H,2,8-9H2,1H3. The van der Waals surface area contributed by atoms with Crippen molar-refractivity contribution < 1.29 is 9.53 Å². The number of carbonyl (C=O) groups excluding carboxylic acids is 1. The fourth-order valence-corrected chi connectivity index (χ4v) is 2.98. The molecule has 0 saturated carbocycles. The Morgan fingerprint density at radius 3 is 2.74 bits per heavy atom. The minimum atomic E-state index is -0.607. The van der Waals surface area contributed by atoms with Gasteiger partial charge in [0.25, 0.3) is 0 Å². The van der Waals surface area contributed by atoms with Crippen molar-refractivity contribution in [1.82, 2.24) is 0 Å². The van der Waals surface area contributed by atoms with Gasteiger partial charge < -0.3 is 4.74 Å². The molecule has 0 atom stereocenters. The Kier molecular flexibility index (Phi) is 6.41. The molecule has 2 rings (SSSR count). The number of ether oxygens (including phenoxy) is 1. The summed E-state index contributed by atoms with van der Waals surface area (Å²) >= 11 is 1.57. The van der Waals surface area contributed by atoms with Crippen molar-refractivity contribution in [3.8, 4) is 0 Å². The van der Waals surface area contributed by atoms with Gasteiger partial charge in [-0.05, 0) is 49.1 Å². The Balaban J connectivity index is 2.06. The molecule has 0 N–H and O–H groups in total. The molecule has 1 aromatic carbocycles. The van der Waals surface area contributed by atoms with Crippen LogP contribution < -0.4 is 0 Å². The highest BCUT2D eigenvalue weighted by Gasteiger charge is 2.09. The maximum absolute atomic E-state index is 11.7. The van der Waals surface area contributed by atoms with E-state index in [1.54, 1.807) is 24.3 Å². The van der Waals surface area contributed by atoms with Gasteiger partial charge in [0, 0.05) is 14.7 Å². The van der Waals surface area contributed by atoms with Gasteiger partial charge in [-0.15, -0.1) is 11.3 Å². The third kappa shape index (κ3) is 5.29.